The first kappa shape index (κ1) is 24.6. The smallest absolute Gasteiger partial charge is 0.341 e. The summed E-state index contributed by atoms with van der Waals surface area (Å²) in [6.45, 7) is 9.21. The van der Waals surface area contributed by atoms with Crippen molar-refractivity contribution in [2.24, 2.45) is 0 Å². The highest BCUT2D eigenvalue weighted by Crippen LogP contribution is 2.40. The van der Waals surface area contributed by atoms with Crippen molar-refractivity contribution in [1.29, 1.82) is 0 Å². The highest BCUT2D eigenvalue weighted by Gasteiger charge is 2.26. The van der Waals surface area contributed by atoms with E-state index in [1.165, 1.54) is 11.3 Å². The molecule has 0 aliphatic carbocycles. The fourth-order valence-corrected chi connectivity index (χ4v) is 4.44. The molecule has 2 aromatic rings. The van der Waals surface area contributed by atoms with E-state index in [4.69, 9.17) is 4.74 Å². The first-order valence-electron chi connectivity index (χ1n) is 10.4. The van der Waals surface area contributed by atoms with Crippen LogP contribution in [0.2, 0.25) is 0 Å². The minimum absolute atomic E-state index is 0.0224. The topological polar surface area (TPSA) is 79.0 Å². The summed E-state index contributed by atoms with van der Waals surface area (Å²) in [5, 5.41) is 3.32. The van der Waals surface area contributed by atoms with E-state index in [0.29, 0.717) is 23.7 Å². The van der Waals surface area contributed by atoms with Crippen molar-refractivity contribution < 1.29 is 19.1 Å². The molecule has 1 N–H and O–H groups in total. The maximum Gasteiger partial charge on any atom is 0.341 e. The number of nitrogens with one attached hydrogen (secondary N) is 1. The molecule has 0 aliphatic rings. The number of carbonyl (C=O) groups is 3. The van der Waals surface area contributed by atoms with Gasteiger partial charge in [-0.25, -0.2) is 4.79 Å². The average Bonchev–Trinajstić information content (AvgIpc) is 3.04. The molecule has 0 aliphatic heterocycles. The van der Waals surface area contributed by atoms with Crippen LogP contribution in [0.15, 0.2) is 30.3 Å². The fourth-order valence-electron chi connectivity index (χ4n) is 3.36. The first-order chi connectivity index (χ1) is 14.8. The molecule has 0 fully saturated rings. The average molecular weight is 446 g/mol. The van der Waals surface area contributed by atoms with E-state index >= 15 is 0 Å². The minimum atomic E-state index is -0.467. The maximum absolute atomic E-state index is 12.7. The number of aryl methyl sites for hydroxylation is 1. The second-order valence-corrected chi connectivity index (χ2v) is 8.34. The molecule has 0 unspecified atom stereocenters. The van der Waals surface area contributed by atoms with Gasteiger partial charge in [0.25, 0.3) is 0 Å². The molecule has 0 saturated carbocycles. The molecule has 7 nitrogen and oxygen atoms in total. The van der Waals surface area contributed by atoms with Crippen LogP contribution in [-0.4, -0.2) is 67.4 Å². The lowest BCUT2D eigenvalue weighted by Crippen LogP contribution is -2.41. The van der Waals surface area contributed by atoms with Crippen molar-refractivity contribution in [2.75, 3.05) is 45.2 Å². The van der Waals surface area contributed by atoms with E-state index < -0.39 is 5.97 Å². The summed E-state index contributed by atoms with van der Waals surface area (Å²) in [4.78, 5) is 42.0. The number of rotatable bonds is 10. The molecule has 1 aromatic carbocycles. The van der Waals surface area contributed by atoms with E-state index in [0.717, 1.165) is 16.0 Å². The van der Waals surface area contributed by atoms with Crippen LogP contribution in [0.1, 0.15) is 36.0 Å². The molecule has 2 rings (SSSR count). The quantitative estimate of drug-likeness (QED) is 0.565. The predicted molar refractivity (Wildman–Crippen MR) is 125 cm³/mol. The molecule has 0 saturated heterocycles. The Morgan fingerprint density at radius 3 is 2.26 bits per heavy atom. The molecular weight excluding hydrogens is 414 g/mol. The third-order valence-corrected chi connectivity index (χ3v) is 5.83. The molecule has 8 heteroatoms. The lowest BCUT2D eigenvalue weighted by Gasteiger charge is -2.22. The van der Waals surface area contributed by atoms with Crippen LogP contribution in [0.25, 0.3) is 11.1 Å². The normalized spacial score (nSPS) is 10.8. The summed E-state index contributed by atoms with van der Waals surface area (Å²) in [7, 11) is 1.72. The van der Waals surface area contributed by atoms with Crippen molar-refractivity contribution >= 4 is 34.1 Å². The van der Waals surface area contributed by atoms with Gasteiger partial charge in [-0.15, -0.1) is 11.3 Å². The number of ether oxygens (including phenoxy) is 1. The van der Waals surface area contributed by atoms with Crippen molar-refractivity contribution in [2.45, 2.75) is 27.7 Å². The number of benzene rings is 1. The summed E-state index contributed by atoms with van der Waals surface area (Å²) >= 11 is 1.35. The Morgan fingerprint density at radius 2 is 1.68 bits per heavy atom. The zero-order valence-electron chi connectivity index (χ0n) is 18.9. The number of hydrogen-bond acceptors (Lipinski definition) is 6. The Morgan fingerprint density at radius 1 is 1.03 bits per heavy atom. The van der Waals surface area contributed by atoms with E-state index in [-0.39, 0.29) is 31.5 Å². The zero-order valence-corrected chi connectivity index (χ0v) is 19.7. The Balaban J connectivity index is 2.21. The summed E-state index contributed by atoms with van der Waals surface area (Å²) in [5.74, 6) is -0.779. The van der Waals surface area contributed by atoms with Crippen LogP contribution in [0.3, 0.4) is 0 Å². The number of esters is 1. The van der Waals surface area contributed by atoms with Gasteiger partial charge in [0.15, 0.2) is 0 Å². The molecule has 0 spiro atoms. The van der Waals surface area contributed by atoms with Gasteiger partial charge < -0.3 is 15.0 Å². The number of thiophene rings is 1. The number of likely N-dealkylation sites (N-methyl/N-ethyl adjacent to an activating group) is 2. The van der Waals surface area contributed by atoms with E-state index in [2.05, 4.69) is 5.32 Å². The van der Waals surface area contributed by atoms with Crippen molar-refractivity contribution in [3.63, 3.8) is 0 Å². The van der Waals surface area contributed by atoms with Gasteiger partial charge in [-0.05, 0) is 40.3 Å². The Bertz CT molecular complexity index is 907. The molecule has 0 bridgehead atoms. The predicted octanol–water partition coefficient (Wildman–Crippen LogP) is 3.64. The third-order valence-electron chi connectivity index (χ3n) is 4.81. The fraction of sp³-hybridized carbons (Fsp3) is 0.435. The van der Waals surface area contributed by atoms with Crippen LogP contribution in [0, 0.1) is 6.92 Å². The van der Waals surface area contributed by atoms with Crippen molar-refractivity contribution in [3.8, 4) is 11.1 Å². The Labute approximate surface area is 188 Å². The van der Waals surface area contributed by atoms with Crippen LogP contribution >= 0.6 is 11.3 Å². The van der Waals surface area contributed by atoms with Gasteiger partial charge >= 0.3 is 5.97 Å². The van der Waals surface area contributed by atoms with Crippen LogP contribution in [0.5, 0.6) is 0 Å². The van der Waals surface area contributed by atoms with Gasteiger partial charge in [0.05, 0.1) is 19.7 Å². The molecular formula is C23H31N3O4S. The second-order valence-electron chi connectivity index (χ2n) is 7.11. The monoisotopic (exact) mass is 445 g/mol. The lowest BCUT2D eigenvalue weighted by molar-refractivity contribution is -0.132. The number of nitrogens with zero attached hydrogens (tertiary/aromatic N) is 2. The summed E-state index contributed by atoms with van der Waals surface area (Å²) in [6, 6.07) is 9.57. The molecule has 31 heavy (non-hydrogen) atoms. The van der Waals surface area contributed by atoms with Gasteiger partial charge in [0, 0.05) is 23.5 Å². The molecule has 168 valence electrons. The second kappa shape index (κ2) is 11.6. The molecule has 2 amide bonds. The highest BCUT2D eigenvalue weighted by atomic mass is 32.1. The number of carbonyl (C=O) groups excluding carboxylic acids is 3. The molecule has 0 radical (unpaired) electrons. The highest BCUT2D eigenvalue weighted by molar-refractivity contribution is 7.17. The van der Waals surface area contributed by atoms with Gasteiger partial charge in [-0.1, -0.05) is 30.3 Å². The molecule has 0 atom stereocenters. The maximum atomic E-state index is 12.7. The van der Waals surface area contributed by atoms with Crippen molar-refractivity contribution in [1.82, 2.24) is 9.80 Å². The minimum Gasteiger partial charge on any atom is -0.462 e. The Hall–Kier alpha value is -2.71. The standard InChI is InChI=1S/C23H31N3O4S/c1-6-26(7-2)19(28)15-25(5)14-18(27)24-22-21(23(29)30-8-3)20(16(4)31-22)17-12-10-9-11-13-17/h9-13H,6-8,14-15H2,1-5H3,(H,24,27). The number of anilines is 1. The summed E-state index contributed by atoms with van der Waals surface area (Å²) in [6.07, 6.45) is 0. The number of amides is 2. The first-order valence-corrected chi connectivity index (χ1v) is 11.3. The van der Waals surface area contributed by atoms with E-state index in [9.17, 15) is 14.4 Å². The van der Waals surface area contributed by atoms with Crippen LogP contribution in [0.4, 0.5) is 5.00 Å². The van der Waals surface area contributed by atoms with E-state index in [1.807, 2.05) is 51.1 Å². The molecule has 1 aromatic heterocycles. The van der Waals surface area contributed by atoms with Gasteiger partial charge in [0.2, 0.25) is 11.8 Å². The molecule has 1 heterocycles. The van der Waals surface area contributed by atoms with Gasteiger partial charge in [-0.3, -0.25) is 14.5 Å². The zero-order chi connectivity index (χ0) is 23.0. The van der Waals surface area contributed by atoms with E-state index in [1.54, 1.807) is 23.8 Å². The third kappa shape index (κ3) is 6.38. The Kier molecular flexibility index (Phi) is 9.21. The summed E-state index contributed by atoms with van der Waals surface area (Å²) in [5.41, 5.74) is 2.02. The SMILES string of the molecule is CCOC(=O)c1c(NC(=O)CN(C)CC(=O)N(CC)CC)sc(C)c1-c1ccccc1. The summed E-state index contributed by atoms with van der Waals surface area (Å²) < 4.78 is 5.27. The van der Waals surface area contributed by atoms with Crippen LogP contribution < -0.4 is 5.32 Å². The number of hydrogen-bond donors (Lipinski definition) is 1. The lowest BCUT2D eigenvalue weighted by atomic mass is 10.0. The van der Waals surface area contributed by atoms with Gasteiger partial charge in [0.1, 0.15) is 10.6 Å². The van der Waals surface area contributed by atoms with Gasteiger partial charge in [-0.2, -0.15) is 0 Å². The van der Waals surface area contributed by atoms with Crippen molar-refractivity contribution in [3.05, 3.63) is 40.8 Å². The van der Waals surface area contributed by atoms with Crippen LogP contribution in [-0.2, 0) is 14.3 Å². The largest absolute Gasteiger partial charge is 0.462 e.